The summed E-state index contributed by atoms with van der Waals surface area (Å²) in [5.41, 5.74) is 0.989. The van der Waals surface area contributed by atoms with Gasteiger partial charge in [0.15, 0.2) is 0 Å². The fourth-order valence-electron chi connectivity index (χ4n) is 3.60. The molecule has 0 bridgehead atoms. The molecule has 23 heavy (non-hydrogen) atoms. The summed E-state index contributed by atoms with van der Waals surface area (Å²) in [6.07, 6.45) is 4.98. The Balaban J connectivity index is 1.53. The zero-order valence-electron chi connectivity index (χ0n) is 13.2. The molecule has 2 heterocycles. The third-order valence-corrected chi connectivity index (χ3v) is 4.91. The zero-order valence-corrected chi connectivity index (χ0v) is 13.2. The summed E-state index contributed by atoms with van der Waals surface area (Å²) in [5.74, 6) is -0.299. The van der Waals surface area contributed by atoms with Crippen LogP contribution in [-0.4, -0.2) is 47.7 Å². The van der Waals surface area contributed by atoms with Crippen molar-refractivity contribution in [2.45, 2.75) is 38.2 Å². The molecule has 124 valence electrons. The van der Waals surface area contributed by atoms with Gasteiger partial charge in [0.2, 0.25) is 5.91 Å². The van der Waals surface area contributed by atoms with Crippen molar-refractivity contribution in [2.24, 2.45) is 5.92 Å². The van der Waals surface area contributed by atoms with E-state index in [9.17, 15) is 9.59 Å². The molecule has 1 atom stereocenters. The standard InChI is InChI=1S/C18H23NO4/c20-17(12-13-3-1-4-15(11-13)18(21)22)19-8-6-14(7-9-19)16-5-2-10-23-16/h1,3-4,11,14,16H,2,5-10,12H2,(H,21,22). The van der Waals surface area contributed by atoms with Crippen LogP contribution in [0.25, 0.3) is 0 Å². The van der Waals surface area contributed by atoms with Gasteiger partial charge >= 0.3 is 5.97 Å². The van der Waals surface area contributed by atoms with Crippen LogP contribution in [-0.2, 0) is 16.0 Å². The minimum atomic E-state index is -0.961. The Kier molecular flexibility index (Phi) is 4.96. The lowest BCUT2D eigenvalue weighted by Gasteiger charge is -2.34. The quantitative estimate of drug-likeness (QED) is 0.925. The van der Waals surface area contributed by atoms with E-state index in [0.717, 1.165) is 50.9 Å². The molecule has 0 aliphatic carbocycles. The Morgan fingerprint density at radius 3 is 2.65 bits per heavy atom. The molecule has 2 fully saturated rings. The molecule has 5 nitrogen and oxygen atoms in total. The Hall–Kier alpha value is -1.88. The molecular formula is C18H23NO4. The van der Waals surface area contributed by atoms with Crippen LogP contribution < -0.4 is 0 Å². The summed E-state index contributed by atoms with van der Waals surface area (Å²) >= 11 is 0. The van der Waals surface area contributed by atoms with Gasteiger partial charge in [-0.3, -0.25) is 4.79 Å². The van der Waals surface area contributed by atoms with Crippen molar-refractivity contribution in [3.8, 4) is 0 Å². The number of benzene rings is 1. The number of carboxylic acid groups (broad SMARTS) is 1. The molecular weight excluding hydrogens is 294 g/mol. The van der Waals surface area contributed by atoms with E-state index in [2.05, 4.69) is 0 Å². The summed E-state index contributed by atoms with van der Waals surface area (Å²) in [4.78, 5) is 25.3. The summed E-state index contributed by atoms with van der Waals surface area (Å²) in [6, 6.07) is 6.63. The van der Waals surface area contributed by atoms with Gasteiger partial charge in [0, 0.05) is 19.7 Å². The number of hydrogen-bond acceptors (Lipinski definition) is 3. The van der Waals surface area contributed by atoms with E-state index in [0.29, 0.717) is 12.0 Å². The van der Waals surface area contributed by atoms with Gasteiger partial charge in [-0.15, -0.1) is 0 Å². The lowest BCUT2D eigenvalue weighted by atomic mass is 9.89. The number of aromatic carboxylic acids is 1. The van der Waals surface area contributed by atoms with Crippen molar-refractivity contribution >= 4 is 11.9 Å². The lowest BCUT2D eigenvalue weighted by molar-refractivity contribution is -0.132. The average Bonchev–Trinajstić information content (AvgIpc) is 3.09. The molecule has 1 N–H and O–H groups in total. The van der Waals surface area contributed by atoms with E-state index in [4.69, 9.17) is 9.84 Å². The van der Waals surface area contributed by atoms with E-state index in [1.807, 2.05) is 11.0 Å². The van der Waals surface area contributed by atoms with Crippen molar-refractivity contribution in [2.75, 3.05) is 19.7 Å². The maximum absolute atomic E-state index is 12.4. The predicted molar refractivity (Wildman–Crippen MR) is 85.4 cm³/mol. The SMILES string of the molecule is O=C(O)c1cccc(CC(=O)N2CCC(C3CCCO3)CC2)c1. The number of ether oxygens (including phenoxy) is 1. The first kappa shape index (κ1) is 16.0. The highest BCUT2D eigenvalue weighted by atomic mass is 16.5. The first-order valence-corrected chi connectivity index (χ1v) is 8.35. The number of carbonyl (C=O) groups excluding carboxylic acids is 1. The molecule has 2 aliphatic heterocycles. The molecule has 5 heteroatoms. The van der Waals surface area contributed by atoms with Crippen molar-refractivity contribution in [3.63, 3.8) is 0 Å². The second-order valence-corrected chi connectivity index (χ2v) is 6.45. The topological polar surface area (TPSA) is 66.8 Å². The number of hydrogen-bond donors (Lipinski definition) is 1. The Morgan fingerprint density at radius 1 is 1.22 bits per heavy atom. The van der Waals surface area contributed by atoms with Gasteiger partial charge in [0.1, 0.15) is 0 Å². The summed E-state index contributed by atoms with van der Waals surface area (Å²) < 4.78 is 5.76. The molecule has 2 saturated heterocycles. The van der Waals surface area contributed by atoms with Crippen LogP contribution in [0.4, 0.5) is 0 Å². The number of likely N-dealkylation sites (tertiary alicyclic amines) is 1. The molecule has 1 amide bonds. The number of carbonyl (C=O) groups is 2. The van der Waals surface area contributed by atoms with Gasteiger partial charge < -0.3 is 14.7 Å². The van der Waals surface area contributed by atoms with Crippen LogP contribution in [0.2, 0.25) is 0 Å². The fourth-order valence-corrected chi connectivity index (χ4v) is 3.60. The minimum Gasteiger partial charge on any atom is -0.478 e. The fraction of sp³-hybridized carbons (Fsp3) is 0.556. The lowest BCUT2D eigenvalue weighted by Crippen LogP contribution is -2.41. The first-order chi connectivity index (χ1) is 11.1. The minimum absolute atomic E-state index is 0.0818. The summed E-state index contributed by atoms with van der Waals surface area (Å²) in [5, 5.41) is 9.02. The van der Waals surface area contributed by atoms with Gasteiger partial charge in [-0.1, -0.05) is 12.1 Å². The molecule has 0 aromatic heterocycles. The Morgan fingerprint density at radius 2 is 2.00 bits per heavy atom. The Bertz CT molecular complexity index is 572. The van der Waals surface area contributed by atoms with Gasteiger partial charge in [-0.25, -0.2) is 4.79 Å². The van der Waals surface area contributed by atoms with E-state index in [1.165, 1.54) is 0 Å². The highest BCUT2D eigenvalue weighted by Gasteiger charge is 2.30. The highest BCUT2D eigenvalue weighted by molar-refractivity contribution is 5.88. The predicted octanol–water partition coefficient (Wildman–Crippen LogP) is 2.34. The average molecular weight is 317 g/mol. The summed E-state index contributed by atoms with van der Waals surface area (Å²) in [7, 11) is 0. The molecule has 2 aliphatic rings. The monoisotopic (exact) mass is 317 g/mol. The Labute approximate surface area is 136 Å². The molecule has 1 aromatic carbocycles. The third-order valence-electron chi connectivity index (χ3n) is 4.91. The van der Waals surface area contributed by atoms with Gasteiger partial charge in [0.05, 0.1) is 18.1 Å². The van der Waals surface area contributed by atoms with Crippen LogP contribution in [0.5, 0.6) is 0 Å². The number of carboxylic acids is 1. The number of rotatable bonds is 4. The normalized spacial score (nSPS) is 22.3. The van der Waals surface area contributed by atoms with Crippen molar-refractivity contribution in [1.29, 1.82) is 0 Å². The van der Waals surface area contributed by atoms with Gasteiger partial charge in [-0.2, -0.15) is 0 Å². The molecule has 1 unspecified atom stereocenters. The highest BCUT2D eigenvalue weighted by Crippen LogP contribution is 2.29. The second kappa shape index (κ2) is 7.13. The third kappa shape index (κ3) is 3.91. The van der Waals surface area contributed by atoms with Crippen molar-refractivity contribution in [3.05, 3.63) is 35.4 Å². The smallest absolute Gasteiger partial charge is 0.335 e. The number of piperidine rings is 1. The molecule has 0 saturated carbocycles. The largest absolute Gasteiger partial charge is 0.478 e. The van der Waals surface area contributed by atoms with Crippen LogP contribution >= 0.6 is 0 Å². The zero-order chi connectivity index (χ0) is 16.2. The van der Waals surface area contributed by atoms with Crippen molar-refractivity contribution in [1.82, 2.24) is 4.90 Å². The molecule has 3 rings (SSSR count). The van der Waals surface area contributed by atoms with Crippen LogP contribution in [0.1, 0.15) is 41.6 Å². The maximum atomic E-state index is 12.4. The van der Waals surface area contributed by atoms with Crippen LogP contribution in [0.3, 0.4) is 0 Å². The van der Waals surface area contributed by atoms with E-state index < -0.39 is 5.97 Å². The number of amides is 1. The van der Waals surface area contributed by atoms with E-state index in [1.54, 1.807) is 18.2 Å². The van der Waals surface area contributed by atoms with E-state index in [-0.39, 0.29) is 17.9 Å². The molecule has 0 spiro atoms. The molecule has 1 aromatic rings. The van der Waals surface area contributed by atoms with Gasteiger partial charge in [0.25, 0.3) is 0 Å². The molecule has 0 radical (unpaired) electrons. The summed E-state index contributed by atoms with van der Waals surface area (Å²) in [6.45, 7) is 2.44. The van der Waals surface area contributed by atoms with Crippen LogP contribution in [0, 0.1) is 5.92 Å². The van der Waals surface area contributed by atoms with Gasteiger partial charge in [-0.05, 0) is 49.3 Å². The van der Waals surface area contributed by atoms with E-state index >= 15 is 0 Å². The first-order valence-electron chi connectivity index (χ1n) is 8.35. The van der Waals surface area contributed by atoms with Crippen LogP contribution in [0.15, 0.2) is 24.3 Å². The maximum Gasteiger partial charge on any atom is 0.335 e. The second-order valence-electron chi connectivity index (χ2n) is 6.45. The van der Waals surface area contributed by atoms with Crippen molar-refractivity contribution < 1.29 is 19.4 Å². The number of nitrogens with zero attached hydrogens (tertiary/aromatic N) is 1.